The Morgan fingerprint density at radius 3 is 2.68 bits per heavy atom. The molecule has 0 amide bonds. The SMILES string of the molecule is CCOC(=O)CCC(CC)c1ccc(C#N)c(C)c1. The average Bonchev–Trinajstić information content (AvgIpc) is 2.40. The lowest BCUT2D eigenvalue weighted by molar-refractivity contribution is -0.143. The zero-order valence-corrected chi connectivity index (χ0v) is 11.9. The second-order valence-corrected chi connectivity index (χ2v) is 4.64. The van der Waals surface area contributed by atoms with Crippen LogP contribution in [0.4, 0.5) is 0 Å². The molecule has 0 saturated heterocycles. The van der Waals surface area contributed by atoms with E-state index in [0.717, 1.165) is 18.4 Å². The number of rotatable bonds is 6. The largest absolute Gasteiger partial charge is 0.466 e. The van der Waals surface area contributed by atoms with Gasteiger partial charge in [-0.15, -0.1) is 0 Å². The first kappa shape index (κ1) is 15.2. The van der Waals surface area contributed by atoms with Crippen molar-refractivity contribution in [3.63, 3.8) is 0 Å². The molecule has 1 aromatic rings. The van der Waals surface area contributed by atoms with Gasteiger partial charge in [0.25, 0.3) is 0 Å². The molecule has 0 spiro atoms. The van der Waals surface area contributed by atoms with Crippen LogP contribution in [0.15, 0.2) is 18.2 Å². The molecule has 0 aliphatic rings. The maximum absolute atomic E-state index is 11.4. The molecule has 0 N–H and O–H groups in total. The molecule has 0 saturated carbocycles. The maximum atomic E-state index is 11.4. The van der Waals surface area contributed by atoms with Gasteiger partial charge < -0.3 is 4.74 Å². The Morgan fingerprint density at radius 2 is 2.16 bits per heavy atom. The molecule has 0 aromatic heterocycles. The van der Waals surface area contributed by atoms with E-state index in [4.69, 9.17) is 10.00 Å². The van der Waals surface area contributed by atoms with Gasteiger partial charge in [0, 0.05) is 6.42 Å². The molecule has 0 aliphatic heterocycles. The summed E-state index contributed by atoms with van der Waals surface area (Å²) in [6.45, 7) is 6.31. The molecule has 3 nitrogen and oxygen atoms in total. The summed E-state index contributed by atoms with van der Waals surface area (Å²) in [4.78, 5) is 11.4. The van der Waals surface area contributed by atoms with Gasteiger partial charge in [-0.1, -0.05) is 19.1 Å². The Kier molecular flexibility index (Phi) is 6.08. The van der Waals surface area contributed by atoms with Gasteiger partial charge in [-0.05, 0) is 49.8 Å². The number of carbonyl (C=O) groups excluding carboxylic acids is 1. The molecular weight excluding hydrogens is 238 g/mol. The highest BCUT2D eigenvalue weighted by Gasteiger charge is 2.13. The first-order chi connectivity index (χ1) is 9.12. The van der Waals surface area contributed by atoms with Gasteiger partial charge in [-0.2, -0.15) is 5.26 Å². The van der Waals surface area contributed by atoms with E-state index >= 15 is 0 Å². The number of esters is 1. The van der Waals surface area contributed by atoms with Crippen molar-refractivity contribution in [3.05, 3.63) is 34.9 Å². The Balaban J connectivity index is 2.72. The third-order valence-electron chi connectivity index (χ3n) is 3.34. The Morgan fingerprint density at radius 1 is 1.42 bits per heavy atom. The normalized spacial score (nSPS) is 11.7. The molecule has 1 unspecified atom stereocenters. The van der Waals surface area contributed by atoms with E-state index in [1.807, 2.05) is 26.0 Å². The van der Waals surface area contributed by atoms with Crippen molar-refractivity contribution in [1.82, 2.24) is 0 Å². The van der Waals surface area contributed by atoms with E-state index in [0.29, 0.717) is 24.5 Å². The molecule has 1 rings (SSSR count). The highest BCUT2D eigenvalue weighted by Crippen LogP contribution is 2.26. The molecule has 0 radical (unpaired) electrons. The highest BCUT2D eigenvalue weighted by molar-refractivity contribution is 5.69. The maximum Gasteiger partial charge on any atom is 0.305 e. The molecule has 1 aromatic carbocycles. The van der Waals surface area contributed by atoms with Crippen molar-refractivity contribution in [2.75, 3.05) is 6.61 Å². The molecule has 102 valence electrons. The second kappa shape index (κ2) is 7.58. The van der Waals surface area contributed by atoms with Gasteiger partial charge in [-0.3, -0.25) is 4.79 Å². The van der Waals surface area contributed by atoms with E-state index < -0.39 is 0 Å². The minimum atomic E-state index is -0.133. The van der Waals surface area contributed by atoms with Crippen LogP contribution in [-0.2, 0) is 9.53 Å². The standard InChI is InChI=1S/C16H21NO2/c1-4-13(8-9-16(18)19-5-2)14-6-7-15(11-17)12(3)10-14/h6-7,10,13H,4-5,8-9H2,1-3H3. The Labute approximate surface area is 115 Å². The summed E-state index contributed by atoms with van der Waals surface area (Å²) in [7, 11) is 0. The average molecular weight is 259 g/mol. The second-order valence-electron chi connectivity index (χ2n) is 4.64. The molecule has 0 aliphatic carbocycles. The van der Waals surface area contributed by atoms with Gasteiger partial charge in [0.05, 0.1) is 18.2 Å². The third kappa shape index (κ3) is 4.40. The van der Waals surface area contributed by atoms with E-state index in [-0.39, 0.29) is 5.97 Å². The number of nitriles is 1. The van der Waals surface area contributed by atoms with Crippen LogP contribution in [0.2, 0.25) is 0 Å². The van der Waals surface area contributed by atoms with Crippen molar-refractivity contribution in [2.24, 2.45) is 0 Å². The molecular formula is C16H21NO2. The van der Waals surface area contributed by atoms with Crippen molar-refractivity contribution < 1.29 is 9.53 Å². The van der Waals surface area contributed by atoms with Crippen LogP contribution in [0.5, 0.6) is 0 Å². The first-order valence-electron chi connectivity index (χ1n) is 6.78. The van der Waals surface area contributed by atoms with Crippen molar-refractivity contribution in [2.45, 2.75) is 46.0 Å². The van der Waals surface area contributed by atoms with Crippen LogP contribution in [0, 0.1) is 18.3 Å². The van der Waals surface area contributed by atoms with E-state index in [9.17, 15) is 4.79 Å². The fraction of sp³-hybridized carbons (Fsp3) is 0.500. The molecule has 0 fully saturated rings. The van der Waals surface area contributed by atoms with Gasteiger partial charge in [0.15, 0.2) is 0 Å². The number of carbonyl (C=O) groups is 1. The summed E-state index contributed by atoms with van der Waals surface area (Å²) in [5, 5.41) is 8.93. The summed E-state index contributed by atoms with van der Waals surface area (Å²) in [5.74, 6) is 0.210. The van der Waals surface area contributed by atoms with E-state index in [1.54, 1.807) is 0 Å². The zero-order chi connectivity index (χ0) is 14.3. The number of hydrogen-bond acceptors (Lipinski definition) is 3. The number of hydrogen-bond donors (Lipinski definition) is 0. The Bertz CT molecular complexity index is 474. The molecule has 0 bridgehead atoms. The van der Waals surface area contributed by atoms with Crippen molar-refractivity contribution in [1.29, 1.82) is 5.26 Å². The lowest BCUT2D eigenvalue weighted by Gasteiger charge is -2.15. The molecule has 19 heavy (non-hydrogen) atoms. The van der Waals surface area contributed by atoms with Crippen LogP contribution in [0.3, 0.4) is 0 Å². The lowest BCUT2D eigenvalue weighted by atomic mass is 9.90. The quantitative estimate of drug-likeness (QED) is 0.732. The van der Waals surface area contributed by atoms with Gasteiger partial charge in [0.1, 0.15) is 0 Å². The predicted molar refractivity (Wildman–Crippen MR) is 74.8 cm³/mol. The third-order valence-corrected chi connectivity index (χ3v) is 3.34. The zero-order valence-electron chi connectivity index (χ0n) is 11.9. The van der Waals surface area contributed by atoms with E-state index in [2.05, 4.69) is 19.1 Å². The summed E-state index contributed by atoms with van der Waals surface area (Å²) in [6.07, 6.45) is 2.22. The highest BCUT2D eigenvalue weighted by atomic mass is 16.5. The smallest absolute Gasteiger partial charge is 0.305 e. The first-order valence-corrected chi connectivity index (χ1v) is 6.78. The number of ether oxygens (including phenoxy) is 1. The van der Waals surface area contributed by atoms with E-state index in [1.165, 1.54) is 5.56 Å². The Hall–Kier alpha value is -1.82. The van der Waals surface area contributed by atoms with Crippen LogP contribution < -0.4 is 0 Å². The van der Waals surface area contributed by atoms with Crippen LogP contribution >= 0.6 is 0 Å². The van der Waals surface area contributed by atoms with Crippen LogP contribution in [0.1, 0.15) is 55.7 Å². The summed E-state index contributed by atoms with van der Waals surface area (Å²) >= 11 is 0. The van der Waals surface area contributed by atoms with Gasteiger partial charge in [0.2, 0.25) is 0 Å². The topological polar surface area (TPSA) is 50.1 Å². The molecule has 1 atom stereocenters. The number of aryl methyl sites for hydroxylation is 1. The minimum absolute atomic E-state index is 0.133. The van der Waals surface area contributed by atoms with Gasteiger partial charge >= 0.3 is 5.97 Å². The van der Waals surface area contributed by atoms with Crippen LogP contribution in [0.25, 0.3) is 0 Å². The fourth-order valence-corrected chi connectivity index (χ4v) is 2.20. The van der Waals surface area contributed by atoms with Crippen LogP contribution in [-0.4, -0.2) is 12.6 Å². The minimum Gasteiger partial charge on any atom is -0.466 e. The van der Waals surface area contributed by atoms with Crippen molar-refractivity contribution >= 4 is 5.97 Å². The molecule has 3 heteroatoms. The number of benzene rings is 1. The number of nitrogens with zero attached hydrogens (tertiary/aromatic N) is 1. The predicted octanol–water partition coefficient (Wildman–Crippen LogP) is 3.70. The summed E-state index contributed by atoms with van der Waals surface area (Å²) in [5.41, 5.74) is 2.90. The summed E-state index contributed by atoms with van der Waals surface area (Å²) in [6, 6.07) is 8.08. The van der Waals surface area contributed by atoms with Gasteiger partial charge in [-0.25, -0.2) is 0 Å². The van der Waals surface area contributed by atoms with Crippen molar-refractivity contribution in [3.8, 4) is 6.07 Å². The fourth-order valence-electron chi connectivity index (χ4n) is 2.20. The monoisotopic (exact) mass is 259 g/mol. The summed E-state index contributed by atoms with van der Waals surface area (Å²) < 4.78 is 4.95. The lowest BCUT2D eigenvalue weighted by Crippen LogP contribution is -2.07. The molecule has 0 heterocycles.